The van der Waals surface area contributed by atoms with Crippen molar-refractivity contribution in [1.82, 2.24) is 0 Å². The molecule has 0 bridgehead atoms. The van der Waals surface area contributed by atoms with Gasteiger partial charge in [0.1, 0.15) is 0 Å². The zero-order chi connectivity index (χ0) is 12.4. The molecule has 3 rings (SSSR count). The molecule has 18 heavy (non-hydrogen) atoms. The Morgan fingerprint density at radius 1 is 0.833 bits per heavy atom. The molecular formula is C17H15N. The Balaban J connectivity index is 1.91. The summed E-state index contributed by atoms with van der Waals surface area (Å²) in [6, 6.07) is 16.7. The lowest BCUT2D eigenvalue weighted by atomic mass is 10.00. The summed E-state index contributed by atoms with van der Waals surface area (Å²) < 4.78 is 0. The maximum absolute atomic E-state index is 5.81. The molecule has 0 fully saturated rings. The summed E-state index contributed by atoms with van der Waals surface area (Å²) in [5.41, 5.74) is 11.7. The molecule has 1 aliphatic rings. The third-order valence-corrected chi connectivity index (χ3v) is 3.25. The molecule has 0 heterocycles. The molecule has 0 saturated carbocycles. The lowest BCUT2D eigenvalue weighted by Crippen LogP contribution is -1.86. The normalized spacial score (nSPS) is 13.7. The first-order valence-corrected chi connectivity index (χ1v) is 6.15. The average Bonchev–Trinajstić information content (AvgIpc) is 2.93. The van der Waals surface area contributed by atoms with Crippen LogP contribution in [0, 0.1) is 0 Å². The van der Waals surface area contributed by atoms with E-state index in [0.29, 0.717) is 0 Å². The molecule has 0 spiro atoms. The van der Waals surface area contributed by atoms with Gasteiger partial charge in [-0.1, -0.05) is 54.6 Å². The predicted molar refractivity (Wildman–Crippen MR) is 78.0 cm³/mol. The highest BCUT2D eigenvalue weighted by molar-refractivity contribution is 5.74. The minimum Gasteiger partial charge on any atom is -0.399 e. The van der Waals surface area contributed by atoms with Crippen LogP contribution in [0.2, 0.25) is 0 Å². The molecule has 0 aromatic heterocycles. The monoisotopic (exact) mass is 233 g/mol. The highest BCUT2D eigenvalue weighted by atomic mass is 14.5. The molecule has 0 amide bonds. The lowest BCUT2D eigenvalue weighted by molar-refractivity contribution is 1.43. The number of anilines is 1. The number of nitrogens with two attached hydrogens (primary N) is 1. The van der Waals surface area contributed by atoms with E-state index in [0.717, 1.165) is 12.1 Å². The van der Waals surface area contributed by atoms with Crippen LogP contribution in [0.25, 0.3) is 16.7 Å². The Morgan fingerprint density at radius 3 is 2.28 bits per heavy atom. The van der Waals surface area contributed by atoms with Crippen molar-refractivity contribution in [3.05, 3.63) is 72.3 Å². The molecule has 88 valence electrons. The zero-order valence-corrected chi connectivity index (χ0v) is 10.1. The van der Waals surface area contributed by atoms with Gasteiger partial charge in [-0.05, 0) is 40.8 Å². The van der Waals surface area contributed by atoms with Crippen LogP contribution in [0.5, 0.6) is 0 Å². The van der Waals surface area contributed by atoms with E-state index in [9.17, 15) is 0 Å². The summed E-state index contributed by atoms with van der Waals surface area (Å²) in [5.74, 6) is 0. The van der Waals surface area contributed by atoms with Crippen LogP contribution in [-0.2, 0) is 0 Å². The summed E-state index contributed by atoms with van der Waals surface area (Å²) in [6.07, 6.45) is 7.51. The van der Waals surface area contributed by atoms with Crippen LogP contribution in [0.15, 0.2) is 66.8 Å². The van der Waals surface area contributed by atoms with Gasteiger partial charge in [0.25, 0.3) is 0 Å². The number of hydrogen-bond donors (Lipinski definition) is 1. The number of allylic oxidation sites excluding steroid dienone is 4. The Bertz CT molecular complexity index is 618. The second-order valence-electron chi connectivity index (χ2n) is 4.53. The third-order valence-electron chi connectivity index (χ3n) is 3.25. The minimum absolute atomic E-state index is 0.805. The second-order valence-corrected chi connectivity index (χ2v) is 4.53. The van der Waals surface area contributed by atoms with Gasteiger partial charge in [0, 0.05) is 5.69 Å². The summed E-state index contributed by atoms with van der Waals surface area (Å²) in [4.78, 5) is 0. The summed E-state index contributed by atoms with van der Waals surface area (Å²) >= 11 is 0. The first-order chi connectivity index (χ1) is 8.83. The Hall–Kier alpha value is -2.28. The fourth-order valence-corrected chi connectivity index (χ4v) is 2.26. The van der Waals surface area contributed by atoms with Crippen LogP contribution in [-0.4, -0.2) is 0 Å². The van der Waals surface area contributed by atoms with E-state index in [4.69, 9.17) is 5.73 Å². The molecule has 1 heteroatoms. The number of hydrogen-bond acceptors (Lipinski definition) is 1. The van der Waals surface area contributed by atoms with E-state index in [1.54, 1.807) is 0 Å². The van der Waals surface area contributed by atoms with E-state index in [-0.39, 0.29) is 0 Å². The minimum atomic E-state index is 0.805. The molecule has 0 aliphatic heterocycles. The number of rotatable bonds is 2. The summed E-state index contributed by atoms with van der Waals surface area (Å²) in [6.45, 7) is 0. The molecule has 1 aliphatic carbocycles. The molecule has 2 aromatic carbocycles. The number of nitrogen functional groups attached to an aromatic ring is 1. The Kier molecular flexibility index (Phi) is 2.73. The molecular weight excluding hydrogens is 218 g/mol. The SMILES string of the molecule is Nc1cccc(-c2ccc(C3=CC=CC3)cc2)c1. The fourth-order valence-electron chi connectivity index (χ4n) is 2.26. The smallest absolute Gasteiger partial charge is 0.0320 e. The predicted octanol–water partition coefficient (Wildman–Crippen LogP) is 4.28. The van der Waals surface area contributed by atoms with Crippen molar-refractivity contribution in [2.75, 3.05) is 5.73 Å². The van der Waals surface area contributed by atoms with Crippen LogP contribution >= 0.6 is 0 Å². The fraction of sp³-hybridized carbons (Fsp3) is 0.0588. The van der Waals surface area contributed by atoms with Crippen molar-refractivity contribution in [3.63, 3.8) is 0 Å². The van der Waals surface area contributed by atoms with Gasteiger partial charge in [0.2, 0.25) is 0 Å². The third kappa shape index (κ3) is 2.07. The average molecular weight is 233 g/mol. The van der Waals surface area contributed by atoms with Crippen LogP contribution in [0.3, 0.4) is 0 Å². The Labute approximate surface area is 107 Å². The van der Waals surface area contributed by atoms with E-state index in [1.165, 1.54) is 22.3 Å². The highest BCUT2D eigenvalue weighted by Crippen LogP contribution is 2.27. The molecule has 2 N–H and O–H groups in total. The van der Waals surface area contributed by atoms with E-state index < -0.39 is 0 Å². The van der Waals surface area contributed by atoms with Gasteiger partial charge in [-0.2, -0.15) is 0 Å². The van der Waals surface area contributed by atoms with E-state index in [1.807, 2.05) is 18.2 Å². The molecule has 0 saturated heterocycles. The number of benzene rings is 2. The van der Waals surface area contributed by atoms with E-state index in [2.05, 4.69) is 48.6 Å². The van der Waals surface area contributed by atoms with Crippen molar-refractivity contribution < 1.29 is 0 Å². The van der Waals surface area contributed by atoms with Crippen LogP contribution in [0.1, 0.15) is 12.0 Å². The summed E-state index contributed by atoms with van der Waals surface area (Å²) in [7, 11) is 0. The molecule has 0 unspecified atom stereocenters. The van der Waals surface area contributed by atoms with Crippen molar-refractivity contribution in [2.45, 2.75) is 6.42 Å². The second kappa shape index (κ2) is 4.53. The van der Waals surface area contributed by atoms with Crippen molar-refractivity contribution in [2.24, 2.45) is 0 Å². The first-order valence-electron chi connectivity index (χ1n) is 6.15. The van der Waals surface area contributed by atoms with Gasteiger partial charge < -0.3 is 5.73 Å². The molecule has 0 atom stereocenters. The lowest BCUT2D eigenvalue weighted by Gasteiger charge is -2.06. The topological polar surface area (TPSA) is 26.0 Å². The van der Waals surface area contributed by atoms with Gasteiger partial charge in [0.05, 0.1) is 0 Å². The van der Waals surface area contributed by atoms with Gasteiger partial charge in [-0.3, -0.25) is 0 Å². The molecule has 0 radical (unpaired) electrons. The quantitative estimate of drug-likeness (QED) is 0.770. The maximum Gasteiger partial charge on any atom is 0.0320 e. The summed E-state index contributed by atoms with van der Waals surface area (Å²) in [5, 5.41) is 0. The van der Waals surface area contributed by atoms with Gasteiger partial charge >= 0.3 is 0 Å². The molecule has 2 aromatic rings. The highest BCUT2D eigenvalue weighted by Gasteiger charge is 2.03. The van der Waals surface area contributed by atoms with Crippen LogP contribution < -0.4 is 5.73 Å². The van der Waals surface area contributed by atoms with Gasteiger partial charge in [-0.15, -0.1) is 0 Å². The standard InChI is InChI=1S/C17H15N/c18-17-7-3-6-16(12-17)15-10-8-14(9-11-15)13-4-1-2-5-13/h1-4,6-12H,5,18H2. The molecule has 1 nitrogen and oxygen atoms in total. The largest absolute Gasteiger partial charge is 0.399 e. The van der Waals surface area contributed by atoms with Crippen molar-refractivity contribution in [3.8, 4) is 11.1 Å². The zero-order valence-electron chi connectivity index (χ0n) is 10.1. The van der Waals surface area contributed by atoms with Crippen LogP contribution in [0.4, 0.5) is 5.69 Å². The van der Waals surface area contributed by atoms with E-state index >= 15 is 0 Å². The van der Waals surface area contributed by atoms with Gasteiger partial charge in [-0.25, -0.2) is 0 Å². The Morgan fingerprint density at radius 2 is 1.61 bits per heavy atom. The van der Waals surface area contributed by atoms with Crippen molar-refractivity contribution >= 4 is 11.3 Å². The van der Waals surface area contributed by atoms with Crippen molar-refractivity contribution in [1.29, 1.82) is 0 Å². The first kappa shape index (κ1) is 10.8. The van der Waals surface area contributed by atoms with Gasteiger partial charge in [0.15, 0.2) is 0 Å². The maximum atomic E-state index is 5.81.